The predicted molar refractivity (Wildman–Crippen MR) is 247 cm³/mol. The van der Waals surface area contributed by atoms with Crippen molar-refractivity contribution in [3.05, 3.63) is 48.6 Å². The van der Waals surface area contributed by atoms with Crippen LogP contribution in [0.1, 0.15) is 245 Å². The molecule has 0 rings (SSSR count). The second-order valence-electron chi connectivity index (χ2n) is 16.4. The average Bonchev–Trinajstić information content (AvgIpc) is 3.22. The number of esters is 3. The molecule has 6 heteroatoms. The molecule has 0 aromatic heterocycles. The molecule has 336 valence electrons. The quantitative estimate of drug-likeness (QED) is 0.0264. The van der Waals surface area contributed by atoms with Crippen molar-refractivity contribution in [2.45, 2.75) is 252 Å². The van der Waals surface area contributed by atoms with E-state index in [1.165, 1.54) is 116 Å². The summed E-state index contributed by atoms with van der Waals surface area (Å²) in [5.41, 5.74) is 0. The highest BCUT2D eigenvalue weighted by atomic mass is 16.6. The van der Waals surface area contributed by atoms with Crippen molar-refractivity contribution in [1.82, 2.24) is 0 Å². The third-order valence-electron chi connectivity index (χ3n) is 10.6. The van der Waals surface area contributed by atoms with Gasteiger partial charge in [0.1, 0.15) is 13.2 Å². The van der Waals surface area contributed by atoms with Crippen molar-refractivity contribution in [3.63, 3.8) is 0 Å². The first-order valence-electron chi connectivity index (χ1n) is 24.6. The van der Waals surface area contributed by atoms with Crippen molar-refractivity contribution in [2.24, 2.45) is 0 Å². The van der Waals surface area contributed by atoms with Gasteiger partial charge in [-0.25, -0.2) is 0 Å². The third-order valence-corrected chi connectivity index (χ3v) is 10.6. The summed E-state index contributed by atoms with van der Waals surface area (Å²) in [5.74, 6) is -0.901. The number of hydrogen-bond acceptors (Lipinski definition) is 6. The summed E-state index contributed by atoms with van der Waals surface area (Å²) in [6.45, 7) is 6.54. The molecule has 1 atom stereocenters. The summed E-state index contributed by atoms with van der Waals surface area (Å²) in [5, 5.41) is 0. The molecule has 0 saturated carbocycles. The second kappa shape index (κ2) is 47.1. The number of rotatable bonds is 44. The molecule has 0 saturated heterocycles. The smallest absolute Gasteiger partial charge is 0.306 e. The predicted octanol–water partition coefficient (Wildman–Crippen LogP) is 15.9. The van der Waals surface area contributed by atoms with Crippen LogP contribution in [0.25, 0.3) is 0 Å². The largest absolute Gasteiger partial charge is 0.462 e. The van der Waals surface area contributed by atoms with Gasteiger partial charge in [0, 0.05) is 19.3 Å². The monoisotopic (exact) mass is 813 g/mol. The maximum absolute atomic E-state index is 12.7. The summed E-state index contributed by atoms with van der Waals surface area (Å²) >= 11 is 0. The molecule has 0 aliphatic carbocycles. The van der Waals surface area contributed by atoms with Crippen LogP contribution in [-0.2, 0) is 28.6 Å². The van der Waals surface area contributed by atoms with Crippen LogP contribution in [0.15, 0.2) is 48.6 Å². The van der Waals surface area contributed by atoms with Crippen LogP contribution < -0.4 is 0 Å². The molecule has 1 unspecified atom stereocenters. The van der Waals surface area contributed by atoms with Gasteiger partial charge in [0.05, 0.1) is 0 Å². The molecular formula is C52H92O6. The average molecular weight is 813 g/mol. The Morgan fingerprint density at radius 2 is 0.638 bits per heavy atom. The van der Waals surface area contributed by atoms with Gasteiger partial charge < -0.3 is 14.2 Å². The fourth-order valence-electron chi connectivity index (χ4n) is 6.78. The zero-order valence-corrected chi connectivity index (χ0v) is 38.3. The lowest BCUT2D eigenvalue weighted by Gasteiger charge is -2.18. The van der Waals surface area contributed by atoms with Gasteiger partial charge in [0.25, 0.3) is 0 Å². The lowest BCUT2D eigenvalue weighted by atomic mass is 10.1. The van der Waals surface area contributed by atoms with E-state index in [0.717, 1.165) is 89.9 Å². The molecule has 0 spiro atoms. The Kier molecular flexibility index (Phi) is 44.9. The standard InChI is InChI=1S/C52H92O6/c1-4-7-10-13-16-19-22-23-24-25-26-27-28-29-31-33-36-39-42-45-51(54)57-48-49(47-56-50(53)44-41-38-35-32-21-18-15-12-9-6-3)58-52(55)46-43-40-37-34-30-20-17-14-11-8-5-2/h14,16-17,19,23-24,26-27,49H,4-13,15,18,20-22,25,28-48H2,1-3H3/b17-14-,19-16-,24-23-,27-26-. The van der Waals surface area contributed by atoms with Crippen LogP contribution in [0.2, 0.25) is 0 Å². The van der Waals surface area contributed by atoms with Crippen LogP contribution in [-0.4, -0.2) is 37.2 Å². The van der Waals surface area contributed by atoms with Crippen molar-refractivity contribution in [1.29, 1.82) is 0 Å². The molecule has 0 N–H and O–H groups in total. The van der Waals surface area contributed by atoms with Crippen LogP contribution in [0.4, 0.5) is 0 Å². The Balaban J connectivity index is 4.33. The molecule has 6 nitrogen and oxygen atoms in total. The Hall–Kier alpha value is -2.63. The maximum Gasteiger partial charge on any atom is 0.306 e. The number of ether oxygens (including phenoxy) is 3. The summed E-state index contributed by atoms with van der Waals surface area (Å²) in [4.78, 5) is 37.8. The van der Waals surface area contributed by atoms with E-state index in [1.807, 2.05) is 0 Å². The van der Waals surface area contributed by atoms with Gasteiger partial charge in [0.2, 0.25) is 0 Å². The Labute approximate surface area is 358 Å². The minimum atomic E-state index is -0.778. The highest BCUT2D eigenvalue weighted by Crippen LogP contribution is 2.14. The molecule has 0 aliphatic heterocycles. The maximum atomic E-state index is 12.7. The summed E-state index contributed by atoms with van der Waals surface area (Å²) in [7, 11) is 0. The highest BCUT2D eigenvalue weighted by Gasteiger charge is 2.19. The molecular weight excluding hydrogens is 721 g/mol. The summed E-state index contributed by atoms with van der Waals surface area (Å²) in [6.07, 6.45) is 55.2. The van der Waals surface area contributed by atoms with E-state index in [4.69, 9.17) is 14.2 Å². The topological polar surface area (TPSA) is 78.9 Å². The SMILES string of the molecule is CCCC/C=C\CCCCCCCC(=O)OC(COC(=O)CCCCCCCC/C=C\C/C=C\C/C=C\CCCCC)COC(=O)CCCCCCCCCCCC. The van der Waals surface area contributed by atoms with Crippen LogP contribution in [0, 0.1) is 0 Å². The van der Waals surface area contributed by atoms with Crippen LogP contribution in [0.3, 0.4) is 0 Å². The minimum absolute atomic E-state index is 0.0792. The van der Waals surface area contributed by atoms with Crippen molar-refractivity contribution < 1.29 is 28.6 Å². The Morgan fingerprint density at radius 3 is 1.07 bits per heavy atom. The normalized spacial score (nSPS) is 12.4. The first kappa shape index (κ1) is 55.4. The van der Waals surface area contributed by atoms with Crippen molar-refractivity contribution in [3.8, 4) is 0 Å². The van der Waals surface area contributed by atoms with Gasteiger partial charge in [-0.1, -0.05) is 198 Å². The highest BCUT2D eigenvalue weighted by molar-refractivity contribution is 5.71. The number of carbonyl (C=O) groups excluding carboxylic acids is 3. The van der Waals surface area contributed by atoms with E-state index in [0.29, 0.717) is 19.3 Å². The molecule has 0 aromatic carbocycles. The number of carbonyl (C=O) groups is 3. The van der Waals surface area contributed by atoms with Gasteiger partial charge >= 0.3 is 17.9 Å². The molecule has 0 aliphatic rings. The first-order chi connectivity index (χ1) is 28.5. The zero-order chi connectivity index (χ0) is 42.3. The zero-order valence-electron chi connectivity index (χ0n) is 38.3. The fourth-order valence-corrected chi connectivity index (χ4v) is 6.78. The van der Waals surface area contributed by atoms with Crippen LogP contribution >= 0.6 is 0 Å². The second-order valence-corrected chi connectivity index (χ2v) is 16.4. The number of unbranched alkanes of at least 4 members (excludes halogenated alkanes) is 25. The molecule has 0 fully saturated rings. The van der Waals surface area contributed by atoms with Gasteiger partial charge in [0.15, 0.2) is 6.10 Å². The lowest BCUT2D eigenvalue weighted by Crippen LogP contribution is -2.30. The van der Waals surface area contributed by atoms with Gasteiger partial charge in [-0.05, 0) is 77.0 Å². The summed E-state index contributed by atoms with van der Waals surface area (Å²) < 4.78 is 16.7. The van der Waals surface area contributed by atoms with E-state index in [2.05, 4.69) is 69.4 Å². The van der Waals surface area contributed by atoms with Gasteiger partial charge in [-0.2, -0.15) is 0 Å². The molecule has 0 radical (unpaired) electrons. The van der Waals surface area contributed by atoms with Gasteiger partial charge in [-0.15, -0.1) is 0 Å². The summed E-state index contributed by atoms with van der Waals surface area (Å²) in [6, 6.07) is 0. The molecule has 0 amide bonds. The van der Waals surface area contributed by atoms with E-state index < -0.39 is 6.10 Å². The van der Waals surface area contributed by atoms with E-state index in [1.54, 1.807) is 0 Å². The lowest BCUT2D eigenvalue weighted by molar-refractivity contribution is -0.167. The van der Waals surface area contributed by atoms with Gasteiger partial charge in [-0.3, -0.25) is 14.4 Å². The van der Waals surface area contributed by atoms with Crippen molar-refractivity contribution in [2.75, 3.05) is 13.2 Å². The molecule has 0 aromatic rings. The van der Waals surface area contributed by atoms with Crippen LogP contribution in [0.5, 0.6) is 0 Å². The molecule has 58 heavy (non-hydrogen) atoms. The number of allylic oxidation sites excluding steroid dienone is 8. The number of hydrogen-bond donors (Lipinski definition) is 0. The molecule has 0 bridgehead atoms. The third kappa shape index (κ3) is 44.5. The van der Waals surface area contributed by atoms with E-state index in [9.17, 15) is 14.4 Å². The fraction of sp³-hybridized carbons (Fsp3) is 0.788. The first-order valence-corrected chi connectivity index (χ1v) is 24.6. The van der Waals surface area contributed by atoms with E-state index in [-0.39, 0.29) is 31.1 Å². The minimum Gasteiger partial charge on any atom is -0.462 e. The Morgan fingerprint density at radius 1 is 0.345 bits per heavy atom. The van der Waals surface area contributed by atoms with E-state index >= 15 is 0 Å². The molecule has 0 heterocycles. The van der Waals surface area contributed by atoms with Crippen molar-refractivity contribution >= 4 is 17.9 Å². The Bertz CT molecular complexity index is 1030.